The first-order chi connectivity index (χ1) is 9.06. The molecule has 0 radical (unpaired) electrons. The summed E-state index contributed by atoms with van der Waals surface area (Å²) in [5.41, 5.74) is 3.42. The average Bonchev–Trinajstić information content (AvgIpc) is 2.74. The van der Waals surface area contributed by atoms with E-state index in [4.69, 9.17) is 4.42 Å². The molecule has 0 fully saturated rings. The van der Waals surface area contributed by atoms with Gasteiger partial charge in [-0.25, -0.2) is 0 Å². The normalized spacial score (nSPS) is 12.3. The number of rotatable bonds is 5. The summed E-state index contributed by atoms with van der Waals surface area (Å²) in [5.74, 6) is 1.70. The molecule has 0 bridgehead atoms. The molecule has 1 aromatic carbocycles. The number of benzene rings is 1. The first kappa shape index (κ1) is 13.7. The summed E-state index contributed by atoms with van der Waals surface area (Å²) in [7, 11) is -1.04. The van der Waals surface area contributed by atoms with E-state index in [9.17, 15) is 9.00 Å². The summed E-state index contributed by atoms with van der Waals surface area (Å²) >= 11 is 0. The van der Waals surface area contributed by atoms with Crippen LogP contribution in [-0.4, -0.2) is 10.5 Å². The highest BCUT2D eigenvalue weighted by Crippen LogP contribution is 2.14. The van der Waals surface area contributed by atoms with Crippen LogP contribution in [-0.2, 0) is 22.3 Å². The minimum atomic E-state index is -1.04. The zero-order valence-corrected chi connectivity index (χ0v) is 11.8. The fourth-order valence-corrected chi connectivity index (χ4v) is 3.20. The number of carbonyl (C=O) groups excluding carboxylic acids is 1. The zero-order chi connectivity index (χ0) is 13.8. The SMILES string of the molecule is Cc1cc(C)cc(CS(=O)Cc2ccc(C=O)o2)c1. The van der Waals surface area contributed by atoms with Gasteiger partial charge in [-0.15, -0.1) is 0 Å². The highest BCUT2D eigenvalue weighted by molar-refractivity contribution is 7.83. The quantitative estimate of drug-likeness (QED) is 0.788. The van der Waals surface area contributed by atoms with Crippen molar-refractivity contribution in [2.24, 2.45) is 0 Å². The van der Waals surface area contributed by atoms with Gasteiger partial charge in [-0.1, -0.05) is 29.3 Å². The largest absolute Gasteiger partial charge is 0.457 e. The predicted octanol–water partition coefficient (Wildman–Crippen LogP) is 3.16. The summed E-state index contributed by atoms with van der Waals surface area (Å²) in [6.07, 6.45) is 0.649. The topological polar surface area (TPSA) is 47.3 Å². The summed E-state index contributed by atoms with van der Waals surface area (Å²) in [6, 6.07) is 9.47. The smallest absolute Gasteiger partial charge is 0.185 e. The Hall–Kier alpha value is -1.68. The fraction of sp³-hybridized carbons (Fsp3) is 0.267. The predicted molar refractivity (Wildman–Crippen MR) is 75.6 cm³/mol. The number of carbonyl (C=O) groups is 1. The van der Waals surface area contributed by atoms with Gasteiger partial charge in [0.25, 0.3) is 0 Å². The van der Waals surface area contributed by atoms with Crippen molar-refractivity contribution in [1.82, 2.24) is 0 Å². The van der Waals surface area contributed by atoms with Gasteiger partial charge in [0.05, 0.1) is 5.75 Å². The third kappa shape index (κ3) is 3.89. The molecule has 0 saturated heterocycles. The van der Waals surface area contributed by atoms with Crippen LogP contribution in [0.1, 0.15) is 33.0 Å². The third-order valence-electron chi connectivity index (χ3n) is 2.71. The molecule has 0 aliphatic heterocycles. The van der Waals surface area contributed by atoms with Crippen molar-refractivity contribution in [3.05, 3.63) is 58.5 Å². The number of furan rings is 1. The van der Waals surface area contributed by atoms with Crippen LogP contribution in [0.5, 0.6) is 0 Å². The van der Waals surface area contributed by atoms with E-state index in [2.05, 4.69) is 6.07 Å². The van der Waals surface area contributed by atoms with Gasteiger partial charge in [0.15, 0.2) is 12.0 Å². The van der Waals surface area contributed by atoms with Crippen LogP contribution in [0.25, 0.3) is 0 Å². The van der Waals surface area contributed by atoms with Gasteiger partial charge in [-0.3, -0.25) is 9.00 Å². The maximum absolute atomic E-state index is 12.1. The van der Waals surface area contributed by atoms with Gasteiger partial charge in [-0.2, -0.15) is 0 Å². The molecule has 100 valence electrons. The van der Waals surface area contributed by atoms with Crippen LogP contribution < -0.4 is 0 Å². The van der Waals surface area contributed by atoms with Gasteiger partial charge in [0.1, 0.15) is 5.76 Å². The standard InChI is InChI=1S/C15H16O3S/c1-11-5-12(2)7-13(6-11)9-19(17)10-15-4-3-14(8-16)18-15/h3-8H,9-10H2,1-2H3. The van der Waals surface area contributed by atoms with Gasteiger partial charge < -0.3 is 4.42 Å². The Morgan fingerprint density at radius 1 is 1.11 bits per heavy atom. The molecule has 19 heavy (non-hydrogen) atoms. The molecular weight excluding hydrogens is 260 g/mol. The Morgan fingerprint density at radius 3 is 2.37 bits per heavy atom. The molecule has 0 N–H and O–H groups in total. The molecule has 1 atom stereocenters. The van der Waals surface area contributed by atoms with Crippen LogP contribution in [0.2, 0.25) is 0 Å². The monoisotopic (exact) mass is 276 g/mol. The van der Waals surface area contributed by atoms with Gasteiger partial charge >= 0.3 is 0 Å². The van der Waals surface area contributed by atoms with Crippen molar-refractivity contribution in [2.75, 3.05) is 0 Å². The summed E-state index contributed by atoms with van der Waals surface area (Å²) in [5, 5.41) is 0. The van der Waals surface area contributed by atoms with Crippen LogP contribution in [0.3, 0.4) is 0 Å². The van der Waals surface area contributed by atoms with Crippen LogP contribution in [0.4, 0.5) is 0 Å². The number of aldehydes is 1. The zero-order valence-electron chi connectivity index (χ0n) is 11.0. The Kier molecular flexibility index (Phi) is 4.32. The van der Waals surface area contributed by atoms with E-state index >= 15 is 0 Å². The minimum Gasteiger partial charge on any atom is -0.457 e. The molecule has 0 aliphatic rings. The van der Waals surface area contributed by atoms with Crippen molar-refractivity contribution >= 4 is 17.1 Å². The average molecular weight is 276 g/mol. The Morgan fingerprint density at radius 2 is 1.79 bits per heavy atom. The highest BCUT2D eigenvalue weighted by atomic mass is 32.2. The Balaban J connectivity index is 2.02. The molecule has 3 nitrogen and oxygen atoms in total. The lowest BCUT2D eigenvalue weighted by atomic mass is 10.1. The van der Waals surface area contributed by atoms with E-state index in [1.807, 2.05) is 26.0 Å². The number of aryl methyl sites for hydroxylation is 2. The first-order valence-electron chi connectivity index (χ1n) is 6.03. The Bertz CT molecular complexity index is 593. The summed E-state index contributed by atoms with van der Waals surface area (Å²) in [4.78, 5) is 10.5. The molecule has 2 rings (SSSR count). The Labute approximate surface area is 115 Å². The fourth-order valence-electron chi connectivity index (χ4n) is 2.08. The molecule has 0 aliphatic carbocycles. The van der Waals surface area contributed by atoms with E-state index in [0.717, 1.165) is 5.56 Å². The lowest BCUT2D eigenvalue weighted by Gasteiger charge is -2.04. The summed E-state index contributed by atoms with van der Waals surface area (Å²) < 4.78 is 17.3. The van der Waals surface area contributed by atoms with E-state index in [0.29, 0.717) is 23.6 Å². The van der Waals surface area contributed by atoms with E-state index in [-0.39, 0.29) is 5.76 Å². The molecule has 0 amide bonds. The molecule has 4 heteroatoms. The maximum atomic E-state index is 12.1. The second kappa shape index (κ2) is 5.97. The maximum Gasteiger partial charge on any atom is 0.185 e. The van der Waals surface area contributed by atoms with Crippen molar-refractivity contribution < 1.29 is 13.4 Å². The molecule has 1 aromatic heterocycles. The molecule has 0 spiro atoms. The van der Waals surface area contributed by atoms with Gasteiger partial charge in [0, 0.05) is 16.6 Å². The van der Waals surface area contributed by atoms with E-state index in [1.54, 1.807) is 12.1 Å². The molecule has 2 aromatic rings. The van der Waals surface area contributed by atoms with Crippen LogP contribution in [0, 0.1) is 13.8 Å². The third-order valence-corrected chi connectivity index (χ3v) is 3.97. The second-order valence-electron chi connectivity index (χ2n) is 4.65. The number of hydrogen-bond acceptors (Lipinski definition) is 3. The van der Waals surface area contributed by atoms with Crippen molar-refractivity contribution in [1.29, 1.82) is 0 Å². The molecule has 1 unspecified atom stereocenters. The molecule has 0 saturated carbocycles. The summed E-state index contributed by atoms with van der Waals surface area (Å²) in [6.45, 7) is 4.06. The lowest BCUT2D eigenvalue weighted by Crippen LogP contribution is -1.99. The number of hydrogen-bond donors (Lipinski definition) is 0. The van der Waals surface area contributed by atoms with E-state index in [1.165, 1.54) is 11.1 Å². The van der Waals surface area contributed by atoms with Crippen LogP contribution in [0.15, 0.2) is 34.7 Å². The second-order valence-corrected chi connectivity index (χ2v) is 6.10. The van der Waals surface area contributed by atoms with Crippen molar-refractivity contribution in [3.8, 4) is 0 Å². The van der Waals surface area contributed by atoms with E-state index < -0.39 is 10.8 Å². The lowest BCUT2D eigenvalue weighted by molar-refractivity contribution is 0.109. The molecular formula is C15H16O3S. The molecule has 1 heterocycles. The van der Waals surface area contributed by atoms with Crippen molar-refractivity contribution in [3.63, 3.8) is 0 Å². The van der Waals surface area contributed by atoms with Gasteiger partial charge in [-0.05, 0) is 31.5 Å². The minimum absolute atomic E-state index is 0.276. The van der Waals surface area contributed by atoms with Gasteiger partial charge in [0.2, 0.25) is 0 Å². The van der Waals surface area contributed by atoms with Crippen LogP contribution >= 0.6 is 0 Å². The highest BCUT2D eigenvalue weighted by Gasteiger charge is 2.08. The van der Waals surface area contributed by atoms with Crippen molar-refractivity contribution in [2.45, 2.75) is 25.4 Å². The first-order valence-corrected chi connectivity index (χ1v) is 7.51.